The summed E-state index contributed by atoms with van der Waals surface area (Å²) in [6.07, 6.45) is 2.47. The number of nitrogens with two attached hydrogens (primary N) is 1. The molecule has 1 aliphatic rings. The minimum Gasteiger partial charge on any atom is -0.492 e. The van der Waals surface area contributed by atoms with Crippen LogP contribution in [-0.2, 0) is 0 Å². The van der Waals surface area contributed by atoms with Crippen molar-refractivity contribution >= 4 is 0 Å². The van der Waals surface area contributed by atoms with Gasteiger partial charge in [0.05, 0.1) is 0 Å². The number of ether oxygens (including phenoxy) is 1. The maximum Gasteiger partial charge on any atom is 0.119 e. The maximum atomic E-state index is 5.83. The molecule has 0 saturated carbocycles. The van der Waals surface area contributed by atoms with E-state index in [0.717, 1.165) is 44.5 Å². The number of hydrogen-bond donors (Lipinski definition) is 1. The molecule has 0 aromatic heterocycles. The predicted molar refractivity (Wildman–Crippen MR) is 79.6 cm³/mol. The fourth-order valence-electron chi connectivity index (χ4n) is 2.54. The van der Waals surface area contributed by atoms with Gasteiger partial charge in [0.1, 0.15) is 12.4 Å². The van der Waals surface area contributed by atoms with Gasteiger partial charge in [0.2, 0.25) is 0 Å². The standard InChI is InChI=1S/C16H26N2O/c1-13-3-4-16(11-14(13)2)19-10-9-18-7-5-15(12-17)6-8-18/h3-4,11,15H,5-10,12,17H2,1-2H3. The summed E-state index contributed by atoms with van der Waals surface area (Å²) in [6, 6.07) is 6.30. The van der Waals surface area contributed by atoms with Crippen molar-refractivity contribution < 1.29 is 4.74 Å². The molecule has 106 valence electrons. The van der Waals surface area contributed by atoms with E-state index in [2.05, 4.69) is 36.9 Å². The number of nitrogens with zero attached hydrogens (tertiary/aromatic N) is 1. The zero-order chi connectivity index (χ0) is 13.7. The van der Waals surface area contributed by atoms with Gasteiger partial charge in [-0.2, -0.15) is 0 Å². The summed E-state index contributed by atoms with van der Waals surface area (Å²) in [7, 11) is 0. The van der Waals surface area contributed by atoms with E-state index in [-0.39, 0.29) is 0 Å². The molecule has 0 bridgehead atoms. The molecule has 2 rings (SSSR count). The Kier molecular flexibility index (Phi) is 5.23. The Labute approximate surface area is 116 Å². The summed E-state index contributed by atoms with van der Waals surface area (Å²) in [5.41, 5.74) is 8.32. The molecule has 0 unspecified atom stereocenters. The van der Waals surface area contributed by atoms with Gasteiger partial charge >= 0.3 is 0 Å². The van der Waals surface area contributed by atoms with Crippen LogP contribution in [0.2, 0.25) is 0 Å². The first-order valence-corrected chi connectivity index (χ1v) is 7.31. The molecule has 1 fully saturated rings. The molecule has 0 spiro atoms. The number of piperidine rings is 1. The third-order valence-corrected chi connectivity index (χ3v) is 4.20. The molecule has 3 nitrogen and oxygen atoms in total. The fraction of sp³-hybridized carbons (Fsp3) is 0.625. The van der Waals surface area contributed by atoms with Crippen molar-refractivity contribution in [1.82, 2.24) is 4.90 Å². The van der Waals surface area contributed by atoms with Crippen LogP contribution in [-0.4, -0.2) is 37.7 Å². The highest BCUT2D eigenvalue weighted by Crippen LogP contribution is 2.17. The summed E-state index contributed by atoms with van der Waals surface area (Å²) < 4.78 is 5.83. The van der Waals surface area contributed by atoms with Gasteiger partial charge in [-0.3, -0.25) is 4.90 Å². The lowest BCUT2D eigenvalue weighted by molar-refractivity contribution is 0.157. The van der Waals surface area contributed by atoms with Crippen LogP contribution in [0.15, 0.2) is 18.2 Å². The van der Waals surface area contributed by atoms with Gasteiger partial charge in [0, 0.05) is 6.54 Å². The average Bonchev–Trinajstić information content (AvgIpc) is 2.43. The van der Waals surface area contributed by atoms with Gasteiger partial charge in [-0.05, 0) is 75.5 Å². The quantitative estimate of drug-likeness (QED) is 0.885. The number of benzene rings is 1. The molecule has 0 amide bonds. The Hall–Kier alpha value is -1.06. The van der Waals surface area contributed by atoms with Crippen LogP contribution >= 0.6 is 0 Å². The van der Waals surface area contributed by atoms with Crippen LogP contribution in [0, 0.1) is 19.8 Å². The zero-order valence-electron chi connectivity index (χ0n) is 12.2. The number of hydrogen-bond acceptors (Lipinski definition) is 3. The lowest BCUT2D eigenvalue weighted by Gasteiger charge is -2.31. The Morgan fingerprint density at radius 2 is 1.95 bits per heavy atom. The Bertz CT molecular complexity index is 398. The Morgan fingerprint density at radius 1 is 1.21 bits per heavy atom. The smallest absolute Gasteiger partial charge is 0.119 e. The third-order valence-electron chi connectivity index (χ3n) is 4.20. The van der Waals surface area contributed by atoms with Crippen molar-refractivity contribution in [1.29, 1.82) is 0 Å². The van der Waals surface area contributed by atoms with E-state index in [4.69, 9.17) is 10.5 Å². The monoisotopic (exact) mass is 262 g/mol. The molecular formula is C16H26N2O. The van der Waals surface area contributed by atoms with Crippen molar-refractivity contribution in [3.05, 3.63) is 29.3 Å². The second-order valence-electron chi connectivity index (χ2n) is 5.62. The number of aryl methyl sites for hydroxylation is 2. The Balaban J connectivity index is 1.70. The molecule has 1 aromatic carbocycles. The minimum absolute atomic E-state index is 0.733. The van der Waals surface area contributed by atoms with E-state index in [9.17, 15) is 0 Å². The van der Waals surface area contributed by atoms with E-state index < -0.39 is 0 Å². The van der Waals surface area contributed by atoms with Gasteiger partial charge in [-0.25, -0.2) is 0 Å². The topological polar surface area (TPSA) is 38.5 Å². The summed E-state index contributed by atoms with van der Waals surface area (Å²) in [4.78, 5) is 2.48. The second kappa shape index (κ2) is 6.92. The highest BCUT2D eigenvalue weighted by atomic mass is 16.5. The van der Waals surface area contributed by atoms with Crippen LogP contribution in [0.3, 0.4) is 0 Å². The molecule has 1 saturated heterocycles. The molecule has 1 aromatic rings. The van der Waals surface area contributed by atoms with Gasteiger partial charge in [0.15, 0.2) is 0 Å². The minimum atomic E-state index is 0.733. The normalized spacial score (nSPS) is 17.6. The first-order valence-electron chi connectivity index (χ1n) is 7.31. The molecule has 0 aliphatic carbocycles. The van der Waals surface area contributed by atoms with Crippen molar-refractivity contribution in [3.63, 3.8) is 0 Å². The van der Waals surface area contributed by atoms with Gasteiger partial charge in [0.25, 0.3) is 0 Å². The van der Waals surface area contributed by atoms with Crippen LogP contribution < -0.4 is 10.5 Å². The van der Waals surface area contributed by atoms with Crippen LogP contribution in [0.25, 0.3) is 0 Å². The fourth-order valence-corrected chi connectivity index (χ4v) is 2.54. The lowest BCUT2D eigenvalue weighted by Crippen LogP contribution is -2.38. The first kappa shape index (κ1) is 14.4. The van der Waals surface area contributed by atoms with Gasteiger partial charge < -0.3 is 10.5 Å². The number of likely N-dealkylation sites (tertiary alicyclic amines) is 1. The van der Waals surface area contributed by atoms with E-state index in [1.807, 2.05) is 0 Å². The molecule has 0 atom stereocenters. The predicted octanol–water partition coefficient (Wildman–Crippen LogP) is 2.35. The van der Waals surface area contributed by atoms with Crippen molar-refractivity contribution in [2.24, 2.45) is 11.7 Å². The average molecular weight is 262 g/mol. The first-order chi connectivity index (χ1) is 9.19. The largest absolute Gasteiger partial charge is 0.492 e. The highest BCUT2D eigenvalue weighted by Gasteiger charge is 2.17. The van der Waals surface area contributed by atoms with E-state index in [1.165, 1.54) is 24.0 Å². The molecule has 19 heavy (non-hydrogen) atoms. The van der Waals surface area contributed by atoms with Gasteiger partial charge in [-0.15, -0.1) is 0 Å². The van der Waals surface area contributed by atoms with Crippen LogP contribution in [0.5, 0.6) is 5.75 Å². The van der Waals surface area contributed by atoms with E-state index >= 15 is 0 Å². The summed E-state index contributed by atoms with van der Waals surface area (Å²) in [6.45, 7) is 9.21. The molecule has 1 aliphatic heterocycles. The summed E-state index contributed by atoms with van der Waals surface area (Å²) >= 11 is 0. The molecule has 0 radical (unpaired) electrons. The second-order valence-corrected chi connectivity index (χ2v) is 5.62. The van der Waals surface area contributed by atoms with Crippen molar-refractivity contribution in [3.8, 4) is 5.75 Å². The SMILES string of the molecule is Cc1ccc(OCCN2CCC(CN)CC2)cc1C. The van der Waals surface area contributed by atoms with E-state index in [1.54, 1.807) is 0 Å². The highest BCUT2D eigenvalue weighted by molar-refractivity contribution is 5.33. The van der Waals surface area contributed by atoms with Crippen molar-refractivity contribution in [2.75, 3.05) is 32.8 Å². The van der Waals surface area contributed by atoms with Gasteiger partial charge in [-0.1, -0.05) is 6.07 Å². The molecule has 1 heterocycles. The zero-order valence-corrected chi connectivity index (χ0v) is 12.2. The van der Waals surface area contributed by atoms with Crippen molar-refractivity contribution in [2.45, 2.75) is 26.7 Å². The Morgan fingerprint density at radius 3 is 2.58 bits per heavy atom. The maximum absolute atomic E-state index is 5.83. The van der Waals surface area contributed by atoms with E-state index in [0.29, 0.717) is 0 Å². The summed E-state index contributed by atoms with van der Waals surface area (Å²) in [5.74, 6) is 1.72. The third kappa shape index (κ3) is 4.22. The summed E-state index contributed by atoms with van der Waals surface area (Å²) in [5, 5.41) is 0. The van der Waals surface area contributed by atoms with Crippen LogP contribution in [0.1, 0.15) is 24.0 Å². The molecular weight excluding hydrogens is 236 g/mol. The molecule has 3 heteroatoms. The molecule has 2 N–H and O–H groups in total. The lowest BCUT2D eigenvalue weighted by atomic mass is 9.97. The van der Waals surface area contributed by atoms with Crippen LogP contribution in [0.4, 0.5) is 0 Å². The number of rotatable bonds is 5.